The summed E-state index contributed by atoms with van der Waals surface area (Å²) in [4.78, 5) is 29.7. The molecule has 4 N–H and O–H groups in total. The molecule has 1 aromatic carbocycles. The molecule has 9 nitrogen and oxygen atoms in total. The van der Waals surface area contributed by atoms with Crippen LogP contribution in [-0.2, 0) is 11.2 Å². The minimum atomic E-state index is -1.00. The third-order valence-corrected chi connectivity index (χ3v) is 5.05. The molecule has 0 unspecified atom stereocenters. The molecule has 0 aliphatic carbocycles. The summed E-state index contributed by atoms with van der Waals surface area (Å²) in [6.07, 6.45) is -2.57. The van der Waals surface area contributed by atoms with Crippen LogP contribution < -0.4 is 10.1 Å². The van der Waals surface area contributed by atoms with E-state index in [1.807, 2.05) is 37.3 Å². The summed E-state index contributed by atoms with van der Waals surface area (Å²) in [6.45, 7) is 1.83. The van der Waals surface area contributed by atoms with E-state index in [9.17, 15) is 19.8 Å². The Kier molecular flexibility index (Phi) is 5.47. The maximum atomic E-state index is 13.0. The van der Waals surface area contributed by atoms with Gasteiger partial charge in [0, 0.05) is 31.6 Å². The van der Waals surface area contributed by atoms with Gasteiger partial charge < -0.3 is 34.6 Å². The number of aliphatic hydroxyl groups is 2. The van der Waals surface area contributed by atoms with Crippen LogP contribution in [0.25, 0.3) is 11.1 Å². The van der Waals surface area contributed by atoms with E-state index < -0.39 is 30.3 Å². The van der Waals surface area contributed by atoms with Crippen molar-refractivity contribution in [1.29, 1.82) is 0 Å². The molecular formula is C21H23N3O6. The Morgan fingerprint density at radius 2 is 1.93 bits per heavy atom. The van der Waals surface area contributed by atoms with E-state index in [0.717, 1.165) is 11.3 Å². The number of hydrogen-bond acceptors (Lipinski definition) is 6. The Morgan fingerprint density at radius 3 is 2.60 bits per heavy atom. The van der Waals surface area contributed by atoms with Gasteiger partial charge in [-0.25, -0.2) is 4.79 Å². The molecule has 0 bridgehead atoms. The SMILES string of the molecule is Cc1cc2[nH]c(OC(=O)N[C@@H](Cc3ccccc3)C(=O)N3C[C@@H](O)[C@@H](O)C3)cc2o1. The van der Waals surface area contributed by atoms with Gasteiger partial charge in [-0.3, -0.25) is 4.79 Å². The molecule has 2 aromatic heterocycles. The molecule has 4 rings (SSSR count). The van der Waals surface area contributed by atoms with Crippen molar-refractivity contribution in [3.8, 4) is 5.88 Å². The van der Waals surface area contributed by atoms with Gasteiger partial charge in [0.2, 0.25) is 11.8 Å². The summed E-state index contributed by atoms with van der Waals surface area (Å²) < 4.78 is 10.8. The van der Waals surface area contributed by atoms with Crippen LogP contribution >= 0.6 is 0 Å². The van der Waals surface area contributed by atoms with Gasteiger partial charge in [-0.2, -0.15) is 0 Å². The number of hydrogen-bond donors (Lipinski definition) is 4. The number of carbonyl (C=O) groups excluding carboxylic acids is 2. The van der Waals surface area contributed by atoms with Gasteiger partial charge in [-0.15, -0.1) is 0 Å². The summed E-state index contributed by atoms with van der Waals surface area (Å²) in [5.41, 5.74) is 2.11. The zero-order valence-electron chi connectivity index (χ0n) is 16.4. The number of furan rings is 1. The first-order valence-electron chi connectivity index (χ1n) is 9.65. The minimum absolute atomic E-state index is 0.00832. The largest absolute Gasteiger partial charge is 0.460 e. The Labute approximate surface area is 172 Å². The molecule has 0 radical (unpaired) electrons. The third kappa shape index (κ3) is 4.32. The van der Waals surface area contributed by atoms with Gasteiger partial charge in [0.05, 0.1) is 17.7 Å². The van der Waals surface area contributed by atoms with Crippen molar-refractivity contribution in [1.82, 2.24) is 15.2 Å². The van der Waals surface area contributed by atoms with Crippen molar-refractivity contribution in [2.24, 2.45) is 0 Å². The van der Waals surface area contributed by atoms with Gasteiger partial charge in [0.15, 0.2) is 5.58 Å². The van der Waals surface area contributed by atoms with Crippen molar-refractivity contribution >= 4 is 23.1 Å². The molecule has 3 atom stereocenters. The quantitative estimate of drug-likeness (QED) is 0.500. The topological polar surface area (TPSA) is 128 Å². The van der Waals surface area contributed by atoms with Gasteiger partial charge in [-0.05, 0) is 12.5 Å². The number of aryl methyl sites for hydroxylation is 1. The number of ether oxygens (including phenoxy) is 1. The molecule has 1 aliphatic rings. The van der Waals surface area contributed by atoms with E-state index in [1.165, 1.54) is 4.90 Å². The number of likely N-dealkylation sites (tertiary alicyclic amines) is 1. The normalized spacial score (nSPS) is 19.8. The second-order valence-corrected chi connectivity index (χ2v) is 7.42. The van der Waals surface area contributed by atoms with E-state index in [-0.39, 0.29) is 25.4 Å². The number of β-amino-alcohol motifs (C(OH)–C–C–N with tert-alkyl or cyclic N) is 2. The van der Waals surface area contributed by atoms with Crippen molar-refractivity contribution in [2.45, 2.75) is 31.6 Å². The first-order valence-corrected chi connectivity index (χ1v) is 9.65. The van der Waals surface area contributed by atoms with Gasteiger partial charge >= 0.3 is 6.09 Å². The van der Waals surface area contributed by atoms with Gasteiger partial charge in [-0.1, -0.05) is 30.3 Å². The molecule has 158 valence electrons. The average Bonchev–Trinajstić information content (AvgIpc) is 3.34. The molecule has 3 heterocycles. The van der Waals surface area contributed by atoms with Crippen LogP contribution in [-0.4, -0.2) is 63.4 Å². The van der Waals surface area contributed by atoms with E-state index in [1.54, 1.807) is 12.1 Å². The number of benzene rings is 1. The fourth-order valence-electron chi connectivity index (χ4n) is 3.57. The molecule has 30 heavy (non-hydrogen) atoms. The van der Waals surface area contributed by atoms with E-state index in [2.05, 4.69) is 10.3 Å². The lowest BCUT2D eigenvalue weighted by Gasteiger charge is -2.24. The molecule has 1 aliphatic heterocycles. The smallest absolute Gasteiger partial charge is 0.414 e. The van der Waals surface area contributed by atoms with Crippen molar-refractivity contribution in [3.05, 3.63) is 53.8 Å². The molecule has 2 amide bonds. The lowest BCUT2D eigenvalue weighted by atomic mass is 10.1. The number of fused-ring (bicyclic) bond motifs is 1. The second-order valence-electron chi connectivity index (χ2n) is 7.42. The first kappa shape index (κ1) is 20.0. The Balaban J connectivity index is 1.47. The monoisotopic (exact) mass is 413 g/mol. The number of nitrogens with one attached hydrogen (secondary N) is 2. The van der Waals surface area contributed by atoms with Crippen LogP contribution in [0, 0.1) is 6.92 Å². The number of nitrogens with zero attached hydrogens (tertiary/aromatic N) is 1. The first-order chi connectivity index (χ1) is 14.4. The summed E-state index contributed by atoms with van der Waals surface area (Å²) in [7, 11) is 0. The van der Waals surface area contributed by atoms with Crippen LogP contribution in [0.15, 0.2) is 46.9 Å². The number of rotatable bonds is 5. The van der Waals surface area contributed by atoms with E-state index >= 15 is 0 Å². The maximum Gasteiger partial charge on any atom is 0.414 e. The lowest BCUT2D eigenvalue weighted by molar-refractivity contribution is -0.132. The van der Waals surface area contributed by atoms with Crippen LogP contribution in [0.1, 0.15) is 11.3 Å². The number of aromatic amines is 1. The molecular weight excluding hydrogens is 390 g/mol. The number of H-pyrrole nitrogens is 1. The summed E-state index contributed by atoms with van der Waals surface area (Å²) in [5, 5.41) is 22.1. The standard InChI is InChI=1S/C21H23N3O6/c1-12-7-14-18(29-12)9-19(22-14)30-21(28)23-15(8-13-5-3-2-4-6-13)20(27)24-10-16(25)17(26)11-24/h2-7,9,15-17,22,25-26H,8,10-11H2,1H3,(H,23,28)/t15-,16-,17+/m0/s1. The highest BCUT2D eigenvalue weighted by Crippen LogP contribution is 2.23. The summed E-state index contributed by atoms with van der Waals surface area (Å²) in [6, 6.07) is 11.7. The Bertz CT molecular complexity index is 1000. The highest BCUT2D eigenvalue weighted by atomic mass is 16.6. The minimum Gasteiger partial charge on any atom is -0.460 e. The van der Waals surface area contributed by atoms with Crippen molar-refractivity contribution in [2.75, 3.05) is 13.1 Å². The molecule has 9 heteroatoms. The van der Waals surface area contributed by atoms with Crippen LogP contribution in [0.5, 0.6) is 5.88 Å². The highest BCUT2D eigenvalue weighted by molar-refractivity contribution is 5.87. The predicted molar refractivity (Wildman–Crippen MR) is 107 cm³/mol. The molecule has 3 aromatic rings. The predicted octanol–water partition coefficient (Wildman–Crippen LogP) is 1.33. The molecule has 0 saturated carbocycles. The highest BCUT2D eigenvalue weighted by Gasteiger charge is 2.36. The average molecular weight is 413 g/mol. The molecule has 1 saturated heterocycles. The van der Waals surface area contributed by atoms with E-state index in [4.69, 9.17) is 9.15 Å². The molecule has 1 fully saturated rings. The van der Waals surface area contributed by atoms with Crippen molar-refractivity contribution < 1.29 is 29.0 Å². The maximum absolute atomic E-state index is 13.0. The van der Waals surface area contributed by atoms with Gasteiger partial charge in [0.25, 0.3) is 0 Å². The number of carbonyl (C=O) groups is 2. The number of amides is 2. The number of aliphatic hydroxyl groups excluding tert-OH is 2. The fourth-order valence-corrected chi connectivity index (χ4v) is 3.57. The molecule has 0 spiro atoms. The lowest BCUT2D eigenvalue weighted by Crippen LogP contribution is -2.50. The van der Waals surface area contributed by atoms with Crippen LogP contribution in [0.2, 0.25) is 0 Å². The number of aromatic nitrogens is 1. The third-order valence-electron chi connectivity index (χ3n) is 5.05. The Morgan fingerprint density at radius 1 is 1.23 bits per heavy atom. The summed E-state index contributed by atoms with van der Waals surface area (Å²) in [5.74, 6) is 0.525. The Hall–Kier alpha value is -3.30. The van der Waals surface area contributed by atoms with E-state index in [0.29, 0.717) is 11.1 Å². The second kappa shape index (κ2) is 8.21. The zero-order valence-corrected chi connectivity index (χ0v) is 16.4. The van der Waals surface area contributed by atoms with Crippen LogP contribution in [0.3, 0.4) is 0 Å². The fraction of sp³-hybridized carbons (Fsp3) is 0.333. The summed E-state index contributed by atoms with van der Waals surface area (Å²) >= 11 is 0. The zero-order chi connectivity index (χ0) is 21.3. The van der Waals surface area contributed by atoms with Gasteiger partial charge in [0.1, 0.15) is 11.8 Å². The van der Waals surface area contributed by atoms with Crippen molar-refractivity contribution in [3.63, 3.8) is 0 Å². The van der Waals surface area contributed by atoms with Crippen LogP contribution in [0.4, 0.5) is 4.79 Å².